The molecule has 1 aliphatic rings. The summed E-state index contributed by atoms with van der Waals surface area (Å²) in [7, 11) is 0. The molecule has 0 radical (unpaired) electrons. The average Bonchev–Trinajstić information content (AvgIpc) is 3.03. The van der Waals surface area contributed by atoms with Crippen LogP contribution in [0.2, 0.25) is 0 Å². The number of aromatic amines is 1. The van der Waals surface area contributed by atoms with Crippen molar-refractivity contribution in [2.45, 2.75) is 18.8 Å². The third-order valence-electron chi connectivity index (χ3n) is 4.72. The minimum Gasteiger partial charge on any atom is -0.361 e. The third kappa shape index (κ3) is 2.71. The Balaban J connectivity index is 1.77. The SMILES string of the molecule is O=[N+]([O-])CC(c1ccc2ccccc2c1)c1cc2c([nH]1)CC=CC2. The van der Waals surface area contributed by atoms with E-state index in [0.29, 0.717) is 0 Å². The maximum Gasteiger partial charge on any atom is 0.216 e. The van der Waals surface area contributed by atoms with Crippen molar-refractivity contribution in [3.05, 3.63) is 93.3 Å². The number of hydrogen-bond acceptors (Lipinski definition) is 2. The molecule has 4 nitrogen and oxygen atoms in total. The van der Waals surface area contributed by atoms with Gasteiger partial charge in [0, 0.05) is 22.7 Å². The maximum absolute atomic E-state index is 11.2. The van der Waals surface area contributed by atoms with Crippen LogP contribution in [0.3, 0.4) is 0 Å². The largest absolute Gasteiger partial charge is 0.361 e. The predicted octanol–water partition coefficient (Wildman–Crippen LogP) is 4.23. The number of aromatic nitrogens is 1. The van der Waals surface area contributed by atoms with Crippen molar-refractivity contribution in [3.8, 4) is 0 Å². The summed E-state index contributed by atoms with van der Waals surface area (Å²) in [6.45, 7) is -0.106. The molecular formula is C20H18N2O2. The van der Waals surface area contributed by atoms with E-state index in [4.69, 9.17) is 0 Å². The smallest absolute Gasteiger partial charge is 0.216 e. The topological polar surface area (TPSA) is 58.9 Å². The van der Waals surface area contributed by atoms with Gasteiger partial charge in [0.1, 0.15) is 0 Å². The number of nitrogens with zero attached hydrogens (tertiary/aromatic N) is 1. The van der Waals surface area contributed by atoms with Crippen LogP contribution < -0.4 is 0 Å². The highest BCUT2D eigenvalue weighted by Gasteiger charge is 2.24. The fourth-order valence-electron chi connectivity index (χ4n) is 3.49. The first-order chi connectivity index (χ1) is 11.7. The Labute approximate surface area is 140 Å². The van der Waals surface area contributed by atoms with Crippen LogP contribution in [-0.2, 0) is 12.8 Å². The van der Waals surface area contributed by atoms with Crippen molar-refractivity contribution in [1.29, 1.82) is 0 Å². The highest BCUT2D eigenvalue weighted by molar-refractivity contribution is 5.83. The zero-order valence-corrected chi connectivity index (χ0v) is 13.2. The van der Waals surface area contributed by atoms with Crippen molar-refractivity contribution in [2.75, 3.05) is 6.54 Å². The summed E-state index contributed by atoms with van der Waals surface area (Å²) in [5.74, 6) is -0.254. The van der Waals surface area contributed by atoms with Gasteiger partial charge in [0.2, 0.25) is 6.54 Å². The fraction of sp³-hybridized carbons (Fsp3) is 0.200. The minimum absolute atomic E-state index is 0.106. The molecule has 0 saturated heterocycles. The molecule has 1 aliphatic carbocycles. The van der Waals surface area contributed by atoms with Crippen LogP contribution in [0.25, 0.3) is 10.8 Å². The van der Waals surface area contributed by atoms with E-state index >= 15 is 0 Å². The first kappa shape index (κ1) is 14.7. The first-order valence-electron chi connectivity index (χ1n) is 8.17. The summed E-state index contributed by atoms with van der Waals surface area (Å²) >= 11 is 0. The van der Waals surface area contributed by atoms with Gasteiger partial charge in [0.25, 0.3) is 0 Å². The predicted molar refractivity (Wildman–Crippen MR) is 95.0 cm³/mol. The Kier molecular flexibility index (Phi) is 3.65. The molecule has 1 N–H and O–H groups in total. The number of nitrogens with one attached hydrogen (secondary N) is 1. The zero-order valence-electron chi connectivity index (χ0n) is 13.2. The number of benzene rings is 2. The molecule has 0 fully saturated rings. The minimum atomic E-state index is -0.254. The van der Waals surface area contributed by atoms with Gasteiger partial charge in [0.05, 0.1) is 5.92 Å². The van der Waals surface area contributed by atoms with Gasteiger partial charge in [-0.15, -0.1) is 0 Å². The molecule has 0 spiro atoms. The summed E-state index contributed by atoms with van der Waals surface area (Å²) in [6.07, 6.45) is 6.06. The van der Waals surface area contributed by atoms with E-state index in [0.717, 1.165) is 34.9 Å². The van der Waals surface area contributed by atoms with Gasteiger partial charge >= 0.3 is 0 Å². The van der Waals surface area contributed by atoms with Crippen molar-refractivity contribution < 1.29 is 4.92 Å². The van der Waals surface area contributed by atoms with Gasteiger partial charge in [-0.05, 0) is 34.4 Å². The van der Waals surface area contributed by atoms with E-state index in [1.807, 2.05) is 30.3 Å². The highest BCUT2D eigenvalue weighted by atomic mass is 16.6. The molecule has 0 bridgehead atoms. The van der Waals surface area contributed by atoms with Gasteiger partial charge in [-0.2, -0.15) is 0 Å². The Morgan fingerprint density at radius 2 is 1.83 bits per heavy atom. The van der Waals surface area contributed by atoms with Crippen LogP contribution in [-0.4, -0.2) is 16.5 Å². The highest BCUT2D eigenvalue weighted by Crippen LogP contribution is 2.30. The Bertz CT molecular complexity index is 914. The van der Waals surface area contributed by atoms with Crippen molar-refractivity contribution >= 4 is 10.8 Å². The molecule has 0 saturated carbocycles. The van der Waals surface area contributed by atoms with E-state index in [2.05, 4.69) is 35.3 Å². The first-order valence-corrected chi connectivity index (χ1v) is 8.17. The van der Waals surface area contributed by atoms with E-state index in [1.54, 1.807) is 0 Å². The van der Waals surface area contributed by atoms with Crippen LogP contribution in [0.1, 0.15) is 28.4 Å². The van der Waals surface area contributed by atoms with Crippen molar-refractivity contribution in [2.24, 2.45) is 0 Å². The molecule has 1 unspecified atom stereocenters. The second-order valence-electron chi connectivity index (χ2n) is 6.28. The van der Waals surface area contributed by atoms with Gasteiger partial charge in [-0.25, -0.2) is 0 Å². The zero-order chi connectivity index (χ0) is 16.5. The van der Waals surface area contributed by atoms with E-state index in [-0.39, 0.29) is 17.4 Å². The van der Waals surface area contributed by atoms with Gasteiger partial charge in [-0.1, -0.05) is 54.6 Å². The molecule has 2 aromatic carbocycles. The lowest BCUT2D eigenvalue weighted by Crippen LogP contribution is -2.14. The van der Waals surface area contributed by atoms with Crippen LogP contribution in [0.5, 0.6) is 0 Å². The lowest BCUT2D eigenvalue weighted by molar-refractivity contribution is -0.481. The molecule has 4 rings (SSSR count). The standard InChI is InChI=1S/C20H18N2O2/c23-22(24)13-18(20-12-17-7-3-4-8-19(17)21-20)16-10-9-14-5-1-2-6-15(14)11-16/h1-6,9-12,18,21H,7-8,13H2. The van der Waals surface area contributed by atoms with Crippen LogP contribution in [0, 0.1) is 10.1 Å². The van der Waals surface area contributed by atoms with Crippen molar-refractivity contribution in [3.63, 3.8) is 0 Å². The number of H-pyrrole nitrogens is 1. The van der Waals surface area contributed by atoms with E-state index < -0.39 is 0 Å². The van der Waals surface area contributed by atoms with Gasteiger partial charge < -0.3 is 4.98 Å². The number of allylic oxidation sites excluding steroid dienone is 2. The summed E-state index contributed by atoms with van der Waals surface area (Å²) < 4.78 is 0. The maximum atomic E-state index is 11.2. The molecule has 3 aromatic rings. The molecule has 120 valence electrons. The van der Waals surface area contributed by atoms with Crippen LogP contribution in [0.15, 0.2) is 60.7 Å². The quantitative estimate of drug-likeness (QED) is 0.444. The molecule has 1 aromatic heterocycles. The average molecular weight is 318 g/mol. The second-order valence-corrected chi connectivity index (χ2v) is 6.28. The Morgan fingerprint density at radius 3 is 2.62 bits per heavy atom. The Morgan fingerprint density at radius 1 is 1.04 bits per heavy atom. The molecule has 1 atom stereocenters. The number of rotatable bonds is 4. The lowest BCUT2D eigenvalue weighted by Gasteiger charge is -2.13. The van der Waals surface area contributed by atoms with E-state index in [9.17, 15) is 10.1 Å². The fourth-order valence-corrected chi connectivity index (χ4v) is 3.49. The monoisotopic (exact) mass is 318 g/mol. The number of nitro groups is 1. The molecule has 4 heteroatoms. The van der Waals surface area contributed by atoms with E-state index in [1.165, 1.54) is 11.3 Å². The summed E-state index contributed by atoms with van der Waals surface area (Å²) in [4.78, 5) is 14.4. The molecule has 0 amide bonds. The summed E-state index contributed by atoms with van der Waals surface area (Å²) in [5, 5.41) is 13.5. The number of hydrogen-bond donors (Lipinski definition) is 1. The van der Waals surface area contributed by atoms with Gasteiger partial charge in [-0.3, -0.25) is 10.1 Å². The molecular weight excluding hydrogens is 300 g/mol. The van der Waals surface area contributed by atoms with Crippen LogP contribution in [0.4, 0.5) is 0 Å². The lowest BCUT2D eigenvalue weighted by atomic mass is 9.93. The number of fused-ring (bicyclic) bond motifs is 2. The molecule has 24 heavy (non-hydrogen) atoms. The normalized spacial score (nSPS) is 14.5. The third-order valence-corrected chi connectivity index (χ3v) is 4.72. The molecule has 0 aliphatic heterocycles. The summed E-state index contributed by atoms with van der Waals surface area (Å²) in [6, 6.07) is 16.3. The Hall–Kier alpha value is -2.88. The second kappa shape index (κ2) is 5.96. The van der Waals surface area contributed by atoms with Crippen LogP contribution >= 0.6 is 0 Å². The van der Waals surface area contributed by atoms with Crippen molar-refractivity contribution in [1.82, 2.24) is 4.98 Å². The molecule has 1 heterocycles. The summed E-state index contributed by atoms with van der Waals surface area (Å²) in [5.41, 5.74) is 4.36. The van der Waals surface area contributed by atoms with Gasteiger partial charge in [0.15, 0.2) is 0 Å².